The summed E-state index contributed by atoms with van der Waals surface area (Å²) in [4.78, 5) is 9.97. The zero-order valence-corrected chi connectivity index (χ0v) is 39.6. The molecule has 3 aromatic heterocycles. The van der Waals surface area contributed by atoms with E-state index in [1.165, 1.54) is 107 Å². The molecule has 1 aliphatic rings. The second kappa shape index (κ2) is 16.9. The van der Waals surface area contributed by atoms with Gasteiger partial charge in [-0.1, -0.05) is 177 Å². The number of aromatic nitrogens is 2. The first kappa shape index (κ1) is 41.2. The number of benzene rings is 9. The predicted molar refractivity (Wildman–Crippen MR) is 296 cm³/mol. The minimum Gasteiger partial charge on any atom is -0.240 e. The Hall–Kier alpha value is -8.02. The van der Waals surface area contributed by atoms with Crippen LogP contribution in [0, 0.1) is 0 Å². The zero-order chi connectivity index (χ0) is 45.9. The average Bonchev–Trinajstić information content (AvgIpc) is 3.99. The van der Waals surface area contributed by atoms with Crippen LogP contribution in [0.15, 0.2) is 237 Å². The van der Waals surface area contributed by atoms with Crippen molar-refractivity contribution in [1.82, 2.24) is 9.97 Å². The maximum absolute atomic E-state index is 5.02. The molecule has 0 aliphatic heterocycles. The number of allylic oxidation sites excluding steroid dienone is 4. The van der Waals surface area contributed by atoms with Gasteiger partial charge in [-0.3, -0.25) is 0 Å². The molecule has 0 spiro atoms. The van der Waals surface area contributed by atoms with Gasteiger partial charge in [0.15, 0.2) is 0 Å². The fourth-order valence-electron chi connectivity index (χ4n) is 10.3. The molecule has 12 aromatic rings. The summed E-state index contributed by atoms with van der Waals surface area (Å²) in [7, 11) is 0. The van der Waals surface area contributed by atoms with E-state index in [4.69, 9.17) is 9.97 Å². The van der Waals surface area contributed by atoms with Crippen LogP contribution in [0.4, 0.5) is 0 Å². The van der Waals surface area contributed by atoms with E-state index in [2.05, 4.69) is 237 Å². The Labute approximate surface area is 409 Å². The molecule has 0 saturated carbocycles. The highest BCUT2D eigenvalue weighted by Crippen LogP contribution is 2.48. The summed E-state index contributed by atoms with van der Waals surface area (Å²) in [6.45, 7) is 2.32. The van der Waals surface area contributed by atoms with Crippen LogP contribution in [0.5, 0.6) is 0 Å². The van der Waals surface area contributed by atoms with Gasteiger partial charge in [0.2, 0.25) is 0 Å². The van der Waals surface area contributed by atoms with Crippen molar-refractivity contribution in [3.8, 4) is 66.9 Å². The largest absolute Gasteiger partial charge is 0.240 e. The van der Waals surface area contributed by atoms with Gasteiger partial charge in [-0.25, -0.2) is 9.97 Å². The third-order valence-corrected chi connectivity index (χ3v) is 16.4. The summed E-state index contributed by atoms with van der Waals surface area (Å²) >= 11 is 3.77. The zero-order valence-electron chi connectivity index (χ0n) is 37.9. The normalized spacial score (nSPS) is 14.8. The molecule has 3 heterocycles. The lowest BCUT2D eigenvalue weighted by molar-refractivity contribution is 0.586. The highest BCUT2D eigenvalue weighted by atomic mass is 32.1. The van der Waals surface area contributed by atoms with Crippen molar-refractivity contribution in [2.45, 2.75) is 18.8 Å². The first-order valence-electron chi connectivity index (χ1n) is 23.6. The number of rotatable bonds is 8. The standard InChI is InChI=1S/C65H44N2S2/c1-65(31-15-26-50(40-65)54-36-52(45-22-12-5-13-23-45)38-58-56-34-47(43-18-8-3-9-19-43)28-30-61(56)69-64(54)58)62-39-59(66-41-67-62)49-25-14-24-48(32-49)53-35-51(44-20-10-4-11-21-44)37-57-55-33-46(42-16-6-2-7-17-42)27-29-60(55)68-63(53)57/h2-39,41H,40H2,1H3. The molecule has 0 fully saturated rings. The first-order chi connectivity index (χ1) is 34.0. The molecule has 2 nitrogen and oxygen atoms in total. The quantitative estimate of drug-likeness (QED) is 0.152. The van der Waals surface area contributed by atoms with Gasteiger partial charge in [-0.05, 0) is 128 Å². The van der Waals surface area contributed by atoms with Crippen LogP contribution >= 0.6 is 22.7 Å². The van der Waals surface area contributed by atoms with Gasteiger partial charge in [0.1, 0.15) is 6.33 Å². The molecule has 1 aliphatic carbocycles. The Morgan fingerprint density at radius 1 is 0.391 bits per heavy atom. The molecule has 1 atom stereocenters. The monoisotopic (exact) mass is 916 g/mol. The third-order valence-electron chi connectivity index (χ3n) is 14.0. The minimum absolute atomic E-state index is 0.364. The summed E-state index contributed by atoms with van der Waals surface area (Å²) < 4.78 is 5.19. The molecular weight excluding hydrogens is 873 g/mol. The molecule has 0 amide bonds. The number of hydrogen-bond donors (Lipinski definition) is 0. The summed E-state index contributed by atoms with van der Waals surface area (Å²) in [5.41, 5.74) is 17.4. The number of nitrogens with zero attached hydrogens (tertiary/aromatic N) is 2. The van der Waals surface area contributed by atoms with Crippen molar-refractivity contribution >= 4 is 68.6 Å². The van der Waals surface area contributed by atoms with Crippen LogP contribution in [0.2, 0.25) is 0 Å². The van der Waals surface area contributed by atoms with Crippen LogP contribution < -0.4 is 0 Å². The van der Waals surface area contributed by atoms with Crippen molar-refractivity contribution in [1.29, 1.82) is 0 Å². The molecule has 0 saturated heterocycles. The third kappa shape index (κ3) is 7.50. The van der Waals surface area contributed by atoms with Crippen molar-refractivity contribution in [2.24, 2.45) is 0 Å². The molecule has 0 N–H and O–H groups in total. The molecule has 13 rings (SSSR count). The minimum atomic E-state index is -0.364. The predicted octanol–water partition coefficient (Wildman–Crippen LogP) is 18.5. The molecule has 0 radical (unpaired) electrons. The van der Waals surface area contributed by atoms with Gasteiger partial charge < -0.3 is 0 Å². The number of hydrogen-bond acceptors (Lipinski definition) is 4. The Morgan fingerprint density at radius 2 is 0.870 bits per heavy atom. The van der Waals surface area contributed by atoms with E-state index in [0.717, 1.165) is 23.4 Å². The van der Waals surface area contributed by atoms with Gasteiger partial charge in [-0.15, -0.1) is 22.7 Å². The van der Waals surface area contributed by atoms with Gasteiger partial charge in [-0.2, -0.15) is 0 Å². The molecule has 69 heavy (non-hydrogen) atoms. The summed E-state index contributed by atoms with van der Waals surface area (Å²) in [6.07, 6.45) is 9.44. The van der Waals surface area contributed by atoms with E-state index in [-0.39, 0.29) is 5.41 Å². The lowest BCUT2D eigenvalue weighted by Crippen LogP contribution is -2.23. The summed E-state index contributed by atoms with van der Waals surface area (Å²) in [5, 5.41) is 5.15. The number of fused-ring (bicyclic) bond motifs is 6. The van der Waals surface area contributed by atoms with Crippen LogP contribution in [-0.2, 0) is 5.41 Å². The summed E-state index contributed by atoms with van der Waals surface area (Å²) in [5.74, 6) is 0. The maximum atomic E-state index is 5.02. The fraction of sp³-hybridized carbons (Fsp3) is 0.0462. The van der Waals surface area contributed by atoms with Gasteiger partial charge in [0.25, 0.3) is 0 Å². The van der Waals surface area contributed by atoms with Gasteiger partial charge >= 0.3 is 0 Å². The van der Waals surface area contributed by atoms with Gasteiger partial charge in [0.05, 0.1) is 11.4 Å². The topological polar surface area (TPSA) is 25.8 Å². The second-order valence-electron chi connectivity index (χ2n) is 18.4. The first-order valence-corrected chi connectivity index (χ1v) is 25.2. The van der Waals surface area contributed by atoms with Crippen molar-refractivity contribution in [2.75, 3.05) is 0 Å². The maximum Gasteiger partial charge on any atom is 0.116 e. The smallest absolute Gasteiger partial charge is 0.116 e. The van der Waals surface area contributed by atoms with Crippen LogP contribution in [-0.4, -0.2) is 9.97 Å². The second-order valence-corrected chi connectivity index (χ2v) is 20.5. The van der Waals surface area contributed by atoms with E-state index in [1.54, 1.807) is 6.33 Å². The highest BCUT2D eigenvalue weighted by molar-refractivity contribution is 7.26. The molecule has 0 bridgehead atoms. The van der Waals surface area contributed by atoms with Crippen molar-refractivity contribution < 1.29 is 0 Å². The molecule has 326 valence electrons. The average molecular weight is 917 g/mol. The molecular formula is C65H44N2S2. The van der Waals surface area contributed by atoms with E-state index >= 15 is 0 Å². The molecule has 1 unspecified atom stereocenters. The number of thiophene rings is 2. The van der Waals surface area contributed by atoms with Crippen molar-refractivity contribution in [3.63, 3.8) is 0 Å². The Bertz CT molecular complexity index is 3980. The van der Waals surface area contributed by atoms with E-state index < -0.39 is 0 Å². The Balaban J connectivity index is 0.882. The summed E-state index contributed by atoms with van der Waals surface area (Å²) in [6, 6.07) is 77.5. The molecule has 9 aromatic carbocycles. The lowest BCUT2D eigenvalue weighted by atomic mass is 9.75. The van der Waals surface area contributed by atoms with Crippen molar-refractivity contribution in [3.05, 3.63) is 248 Å². The van der Waals surface area contributed by atoms with Crippen LogP contribution in [0.3, 0.4) is 0 Å². The fourth-order valence-corrected chi connectivity index (χ4v) is 12.8. The molecule has 4 heteroatoms. The lowest BCUT2D eigenvalue weighted by Gasteiger charge is -2.30. The SMILES string of the molecule is CC1(c2cc(-c3cccc(-c4cc(-c5ccccc5)cc5c4sc4ccc(-c6ccccc6)cc45)c3)ncn2)C=CC=C(c2cc(-c3ccccc3)cc3c2sc2ccc(-c4ccccc4)cc23)C1. The van der Waals surface area contributed by atoms with E-state index in [9.17, 15) is 0 Å². The van der Waals surface area contributed by atoms with Crippen LogP contribution in [0.1, 0.15) is 24.6 Å². The highest BCUT2D eigenvalue weighted by Gasteiger charge is 2.31. The van der Waals surface area contributed by atoms with E-state index in [0.29, 0.717) is 0 Å². The Kier molecular flexibility index (Phi) is 10.1. The van der Waals surface area contributed by atoms with Crippen LogP contribution in [0.25, 0.3) is 113 Å². The Morgan fingerprint density at radius 3 is 1.43 bits per heavy atom. The van der Waals surface area contributed by atoms with E-state index in [1.807, 2.05) is 22.7 Å². The van der Waals surface area contributed by atoms with Gasteiger partial charge in [0, 0.05) is 56.9 Å².